The van der Waals surface area contributed by atoms with Crippen molar-refractivity contribution in [3.05, 3.63) is 23.2 Å². The van der Waals surface area contributed by atoms with Crippen molar-refractivity contribution in [2.24, 2.45) is 0 Å². The fraction of sp³-hybridized carbons (Fsp3) is 0.571. The van der Waals surface area contributed by atoms with Crippen LogP contribution in [0.15, 0.2) is 10.5 Å². The monoisotopic (exact) mass is 281 g/mol. The number of aromatic carboxylic acids is 1. The van der Waals surface area contributed by atoms with E-state index in [9.17, 15) is 9.59 Å². The largest absolute Gasteiger partial charge is 0.478 e. The molecule has 20 heavy (non-hydrogen) atoms. The molecule has 1 aromatic rings. The quantitative estimate of drug-likeness (QED) is 0.859. The number of amides is 1. The van der Waals surface area contributed by atoms with Crippen molar-refractivity contribution in [2.45, 2.75) is 45.3 Å². The van der Waals surface area contributed by atoms with Crippen LogP contribution in [0, 0.1) is 0 Å². The van der Waals surface area contributed by atoms with Crippen molar-refractivity contribution >= 4 is 11.9 Å². The average molecular weight is 281 g/mol. The summed E-state index contributed by atoms with van der Waals surface area (Å²) in [5, 5.41) is 11.8. The van der Waals surface area contributed by atoms with Gasteiger partial charge < -0.3 is 19.6 Å². The Kier molecular flexibility index (Phi) is 4.44. The molecule has 2 rings (SSSR count). The molecular formula is C14H19NO5. The molecule has 2 atom stereocenters. The van der Waals surface area contributed by atoms with Gasteiger partial charge in [-0.2, -0.15) is 0 Å². The molecule has 1 saturated heterocycles. The Morgan fingerprint density at radius 3 is 2.80 bits per heavy atom. The van der Waals surface area contributed by atoms with Crippen LogP contribution in [-0.2, 0) is 11.2 Å². The SMILES string of the molecule is CCc1oc(C(=O)NC(C)C2CCCO2)cc1C(=O)O. The molecule has 0 aliphatic carbocycles. The van der Waals surface area contributed by atoms with Gasteiger partial charge in [-0.05, 0) is 19.8 Å². The first-order valence-electron chi connectivity index (χ1n) is 6.81. The molecule has 2 unspecified atom stereocenters. The second-order valence-corrected chi connectivity index (χ2v) is 4.92. The molecule has 0 radical (unpaired) electrons. The van der Waals surface area contributed by atoms with E-state index in [1.54, 1.807) is 6.92 Å². The van der Waals surface area contributed by atoms with E-state index < -0.39 is 11.9 Å². The Morgan fingerprint density at radius 2 is 2.30 bits per heavy atom. The van der Waals surface area contributed by atoms with E-state index >= 15 is 0 Å². The van der Waals surface area contributed by atoms with Crippen molar-refractivity contribution in [2.75, 3.05) is 6.61 Å². The van der Waals surface area contributed by atoms with Gasteiger partial charge in [-0.25, -0.2) is 4.79 Å². The van der Waals surface area contributed by atoms with Gasteiger partial charge in [0.2, 0.25) is 0 Å². The fourth-order valence-electron chi connectivity index (χ4n) is 2.35. The summed E-state index contributed by atoms with van der Waals surface area (Å²) in [6.45, 7) is 4.37. The third kappa shape index (κ3) is 3.01. The fourth-order valence-corrected chi connectivity index (χ4v) is 2.35. The number of rotatable bonds is 5. The zero-order valence-corrected chi connectivity index (χ0v) is 11.6. The third-order valence-electron chi connectivity index (χ3n) is 3.47. The van der Waals surface area contributed by atoms with E-state index in [-0.39, 0.29) is 23.5 Å². The molecule has 1 fully saturated rings. The molecule has 1 amide bonds. The van der Waals surface area contributed by atoms with E-state index in [0.29, 0.717) is 12.2 Å². The minimum Gasteiger partial charge on any atom is -0.478 e. The van der Waals surface area contributed by atoms with Crippen LogP contribution < -0.4 is 5.32 Å². The smallest absolute Gasteiger partial charge is 0.339 e. The van der Waals surface area contributed by atoms with Gasteiger partial charge >= 0.3 is 5.97 Å². The molecule has 0 aromatic carbocycles. The maximum absolute atomic E-state index is 12.1. The van der Waals surface area contributed by atoms with Gasteiger partial charge in [0.05, 0.1) is 12.1 Å². The summed E-state index contributed by atoms with van der Waals surface area (Å²) in [6, 6.07) is 1.15. The molecule has 2 heterocycles. The Morgan fingerprint density at radius 1 is 1.55 bits per heavy atom. The van der Waals surface area contributed by atoms with Crippen LogP contribution in [-0.4, -0.2) is 35.7 Å². The van der Waals surface area contributed by atoms with Gasteiger partial charge in [-0.3, -0.25) is 4.79 Å². The number of aryl methyl sites for hydroxylation is 1. The molecule has 6 heteroatoms. The molecule has 6 nitrogen and oxygen atoms in total. The van der Waals surface area contributed by atoms with Crippen LogP contribution in [0.4, 0.5) is 0 Å². The number of carbonyl (C=O) groups is 2. The van der Waals surface area contributed by atoms with E-state index in [2.05, 4.69) is 5.32 Å². The van der Waals surface area contributed by atoms with Crippen molar-refractivity contribution < 1.29 is 23.8 Å². The molecule has 0 spiro atoms. The Balaban J connectivity index is 2.06. The summed E-state index contributed by atoms with van der Waals surface area (Å²) in [7, 11) is 0. The normalized spacial score (nSPS) is 19.8. The summed E-state index contributed by atoms with van der Waals surface area (Å²) in [5.74, 6) is -1.15. The Hall–Kier alpha value is -1.82. The number of ether oxygens (including phenoxy) is 1. The average Bonchev–Trinajstić information content (AvgIpc) is 3.07. The second kappa shape index (κ2) is 6.09. The van der Waals surface area contributed by atoms with Gasteiger partial charge in [0.1, 0.15) is 11.3 Å². The number of carboxylic acids is 1. The molecule has 0 bridgehead atoms. The third-order valence-corrected chi connectivity index (χ3v) is 3.47. The highest BCUT2D eigenvalue weighted by Crippen LogP contribution is 2.18. The number of nitrogens with one attached hydrogen (secondary N) is 1. The zero-order valence-electron chi connectivity index (χ0n) is 11.6. The first-order valence-corrected chi connectivity index (χ1v) is 6.81. The van der Waals surface area contributed by atoms with Gasteiger partial charge in [-0.1, -0.05) is 6.92 Å². The number of hydrogen-bond donors (Lipinski definition) is 2. The summed E-state index contributed by atoms with van der Waals surface area (Å²) >= 11 is 0. The lowest BCUT2D eigenvalue weighted by molar-refractivity contribution is 0.0689. The van der Waals surface area contributed by atoms with Crippen molar-refractivity contribution in [3.63, 3.8) is 0 Å². The predicted molar refractivity (Wildman–Crippen MR) is 70.9 cm³/mol. The van der Waals surface area contributed by atoms with Crippen molar-refractivity contribution in [1.29, 1.82) is 0 Å². The first-order chi connectivity index (χ1) is 9.52. The topological polar surface area (TPSA) is 88.8 Å². The molecule has 1 aliphatic rings. The number of furan rings is 1. The van der Waals surface area contributed by atoms with Crippen LogP contribution in [0.1, 0.15) is 53.4 Å². The van der Waals surface area contributed by atoms with E-state index in [0.717, 1.165) is 19.4 Å². The van der Waals surface area contributed by atoms with Gasteiger partial charge in [0, 0.05) is 19.1 Å². The molecule has 110 valence electrons. The lowest BCUT2D eigenvalue weighted by atomic mass is 10.1. The van der Waals surface area contributed by atoms with E-state index in [1.165, 1.54) is 6.07 Å². The van der Waals surface area contributed by atoms with Crippen LogP contribution in [0.25, 0.3) is 0 Å². The highest BCUT2D eigenvalue weighted by molar-refractivity contribution is 5.96. The highest BCUT2D eigenvalue weighted by Gasteiger charge is 2.26. The Labute approximate surface area is 117 Å². The van der Waals surface area contributed by atoms with Gasteiger partial charge in [0.15, 0.2) is 5.76 Å². The molecule has 1 aromatic heterocycles. The minimum absolute atomic E-state index is 0.0125. The minimum atomic E-state index is -1.09. The van der Waals surface area contributed by atoms with Crippen LogP contribution in [0.2, 0.25) is 0 Å². The number of carbonyl (C=O) groups excluding carboxylic acids is 1. The summed E-state index contributed by atoms with van der Waals surface area (Å²) in [4.78, 5) is 23.1. The number of hydrogen-bond acceptors (Lipinski definition) is 4. The van der Waals surface area contributed by atoms with Crippen LogP contribution >= 0.6 is 0 Å². The molecule has 0 saturated carbocycles. The van der Waals surface area contributed by atoms with Crippen LogP contribution in [0.5, 0.6) is 0 Å². The summed E-state index contributed by atoms with van der Waals surface area (Å²) in [5.41, 5.74) is 0.0439. The first kappa shape index (κ1) is 14.6. The van der Waals surface area contributed by atoms with Crippen LogP contribution in [0.3, 0.4) is 0 Å². The summed E-state index contributed by atoms with van der Waals surface area (Å²) < 4.78 is 10.8. The Bertz CT molecular complexity index is 502. The maximum atomic E-state index is 12.1. The second-order valence-electron chi connectivity index (χ2n) is 4.92. The van der Waals surface area contributed by atoms with Gasteiger partial charge in [-0.15, -0.1) is 0 Å². The molecular weight excluding hydrogens is 262 g/mol. The lowest BCUT2D eigenvalue weighted by Crippen LogP contribution is -2.40. The predicted octanol–water partition coefficient (Wildman–Crippen LogP) is 1.84. The highest BCUT2D eigenvalue weighted by atomic mass is 16.5. The van der Waals surface area contributed by atoms with Crippen molar-refractivity contribution in [1.82, 2.24) is 5.32 Å². The zero-order chi connectivity index (χ0) is 14.7. The summed E-state index contributed by atoms with van der Waals surface area (Å²) in [6.07, 6.45) is 2.35. The number of carboxylic acid groups (broad SMARTS) is 1. The maximum Gasteiger partial charge on any atom is 0.339 e. The van der Waals surface area contributed by atoms with Crippen molar-refractivity contribution in [3.8, 4) is 0 Å². The standard InChI is InChI=1S/C14H19NO5/c1-3-10-9(14(17)18)7-12(20-10)13(16)15-8(2)11-5-4-6-19-11/h7-8,11H,3-6H2,1-2H3,(H,15,16)(H,17,18). The van der Waals surface area contributed by atoms with E-state index in [1.807, 2.05) is 6.92 Å². The lowest BCUT2D eigenvalue weighted by Gasteiger charge is -2.19. The molecule has 1 aliphatic heterocycles. The van der Waals surface area contributed by atoms with E-state index in [4.69, 9.17) is 14.3 Å². The molecule has 2 N–H and O–H groups in total. The van der Waals surface area contributed by atoms with Gasteiger partial charge in [0.25, 0.3) is 5.91 Å².